The van der Waals surface area contributed by atoms with Crippen molar-refractivity contribution in [1.82, 2.24) is 15.2 Å². The molecule has 2 atom stereocenters. The lowest BCUT2D eigenvalue weighted by molar-refractivity contribution is -0.116. The summed E-state index contributed by atoms with van der Waals surface area (Å²) in [6, 6.07) is 21.5. The second kappa shape index (κ2) is 11.1. The Bertz CT molecular complexity index is 1490. The van der Waals surface area contributed by atoms with Crippen LogP contribution in [-0.4, -0.2) is 27.4 Å². The number of nitrogens with zero attached hydrogens (tertiary/aromatic N) is 2. The monoisotopic (exact) mass is 588 g/mol. The summed E-state index contributed by atoms with van der Waals surface area (Å²) in [4.78, 5) is 19.6. The number of amides is 1. The van der Waals surface area contributed by atoms with E-state index in [9.17, 15) is 4.79 Å². The molecule has 0 spiro atoms. The van der Waals surface area contributed by atoms with E-state index in [4.69, 9.17) is 16.6 Å². The lowest BCUT2D eigenvalue weighted by atomic mass is 10.0. The van der Waals surface area contributed by atoms with E-state index in [2.05, 4.69) is 50.6 Å². The predicted octanol–water partition coefficient (Wildman–Crippen LogP) is 7.03. The Morgan fingerprint density at radius 1 is 1.08 bits per heavy atom. The number of hydrogen-bond donors (Lipinski definition) is 2. The first-order valence-electron chi connectivity index (χ1n) is 12.5. The Morgan fingerprint density at radius 3 is 2.63 bits per heavy atom. The smallest absolute Gasteiger partial charge is 0.226 e. The molecule has 1 aliphatic rings. The average molecular weight is 590 g/mol. The van der Waals surface area contributed by atoms with Gasteiger partial charge in [-0.2, -0.15) is 0 Å². The van der Waals surface area contributed by atoms with Gasteiger partial charge in [0, 0.05) is 34.9 Å². The highest BCUT2D eigenvalue weighted by molar-refractivity contribution is 9.10. The molecule has 0 saturated carbocycles. The number of benzene rings is 2. The van der Waals surface area contributed by atoms with E-state index in [-0.39, 0.29) is 24.4 Å². The molecule has 0 aliphatic carbocycles. The number of anilines is 1. The number of furan rings is 1. The molecule has 8 heteroatoms. The Morgan fingerprint density at radius 2 is 1.87 bits per heavy atom. The van der Waals surface area contributed by atoms with Gasteiger partial charge < -0.3 is 20.0 Å². The van der Waals surface area contributed by atoms with Crippen LogP contribution in [0.25, 0.3) is 11.3 Å². The lowest BCUT2D eigenvalue weighted by Gasteiger charge is -2.26. The number of nitrogens with one attached hydrogen (secondary N) is 2. The summed E-state index contributed by atoms with van der Waals surface area (Å²) in [6.07, 6.45) is 2.05. The number of aromatic nitrogens is 1. The molecule has 2 N–H and O–H groups in total. The van der Waals surface area contributed by atoms with Crippen molar-refractivity contribution < 1.29 is 9.21 Å². The maximum Gasteiger partial charge on any atom is 0.226 e. The second-order valence-electron chi connectivity index (χ2n) is 9.62. The van der Waals surface area contributed by atoms with Crippen molar-refractivity contribution in [2.24, 2.45) is 0 Å². The molecule has 3 heterocycles. The summed E-state index contributed by atoms with van der Waals surface area (Å²) in [5, 5.41) is 7.04. The van der Waals surface area contributed by atoms with Gasteiger partial charge in [-0.05, 0) is 92.1 Å². The molecule has 194 valence electrons. The zero-order valence-electron chi connectivity index (χ0n) is 21.5. The molecule has 1 amide bonds. The van der Waals surface area contributed by atoms with Gasteiger partial charge in [-0.1, -0.05) is 40.2 Å². The van der Waals surface area contributed by atoms with Crippen molar-refractivity contribution in [2.75, 3.05) is 11.9 Å². The average Bonchev–Trinajstić information content (AvgIpc) is 3.50. The van der Waals surface area contributed by atoms with Crippen LogP contribution in [0.3, 0.4) is 0 Å². The van der Waals surface area contributed by atoms with E-state index in [0.717, 1.165) is 44.1 Å². The Kier molecular flexibility index (Phi) is 7.63. The van der Waals surface area contributed by atoms with Crippen molar-refractivity contribution in [1.29, 1.82) is 0 Å². The minimum absolute atomic E-state index is 0.0646. The molecule has 0 unspecified atom stereocenters. The van der Waals surface area contributed by atoms with Crippen LogP contribution < -0.4 is 10.6 Å². The van der Waals surface area contributed by atoms with Gasteiger partial charge in [0.1, 0.15) is 17.6 Å². The minimum atomic E-state index is -0.260. The zero-order chi connectivity index (χ0) is 26.8. The highest BCUT2D eigenvalue weighted by Crippen LogP contribution is 2.41. The van der Waals surface area contributed by atoms with Crippen LogP contribution in [-0.2, 0) is 4.79 Å². The maximum atomic E-state index is 12.9. The van der Waals surface area contributed by atoms with Crippen molar-refractivity contribution in [3.63, 3.8) is 0 Å². The molecule has 38 heavy (non-hydrogen) atoms. The first kappa shape index (κ1) is 26.1. The predicted molar refractivity (Wildman–Crippen MR) is 158 cm³/mol. The number of carbonyl (C=O) groups is 1. The van der Waals surface area contributed by atoms with Gasteiger partial charge in [-0.3, -0.25) is 9.78 Å². The van der Waals surface area contributed by atoms with Gasteiger partial charge >= 0.3 is 0 Å². The molecule has 0 radical (unpaired) electrons. The van der Waals surface area contributed by atoms with Gasteiger partial charge in [-0.15, -0.1) is 0 Å². The number of halogens is 1. The van der Waals surface area contributed by atoms with Gasteiger partial charge in [-0.25, -0.2) is 0 Å². The molecule has 6 nitrogen and oxygen atoms in total. The second-order valence-corrected chi connectivity index (χ2v) is 10.9. The van der Waals surface area contributed by atoms with Crippen LogP contribution in [0.1, 0.15) is 46.6 Å². The fraction of sp³-hybridized carbons (Fsp3) is 0.233. The van der Waals surface area contributed by atoms with Crippen LogP contribution >= 0.6 is 28.1 Å². The van der Waals surface area contributed by atoms with Gasteiger partial charge in [0.25, 0.3) is 0 Å². The summed E-state index contributed by atoms with van der Waals surface area (Å²) in [7, 11) is 0. The summed E-state index contributed by atoms with van der Waals surface area (Å²) < 4.78 is 7.41. The van der Waals surface area contributed by atoms with Gasteiger partial charge in [0.15, 0.2) is 5.11 Å². The molecular formula is C30H29BrN4O2S. The largest absolute Gasteiger partial charge is 0.459 e. The van der Waals surface area contributed by atoms with Crippen LogP contribution in [0.2, 0.25) is 0 Å². The van der Waals surface area contributed by atoms with Crippen LogP contribution in [0, 0.1) is 20.8 Å². The normalized spacial score (nSPS) is 16.9. The fourth-order valence-electron chi connectivity index (χ4n) is 4.74. The highest BCUT2D eigenvalue weighted by Gasteiger charge is 2.41. The van der Waals surface area contributed by atoms with Crippen LogP contribution in [0.15, 0.2) is 81.8 Å². The summed E-state index contributed by atoms with van der Waals surface area (Å²) in [6.45, 7) is 6.49. The van der Waals surface area contributed by atoms with Crippen molar-refractivity contribution >= 4 is 44.9 Å². The quantitative estimate of drug-likeness (QED) is 0.226. The van der Waals surface area contributed by atoms with Gasteiger partial charge in [0.2, 0.25) is 5.91 Å². The molecule has 0 bridgehead atoms. The molecule has 1 aliphatic heterocycles. The summed E-state index contributed by atoms with van der Waals surface area (Å²) in [5.74, 6) is 1.45. The third-order valence-corrected chi connectivity index (χ3v) is 7.76. The minimum Gasteiger partial charge on any atom is -0.459 e. The van der Waals surface area contributed by atoms with E-state index in [1.54, 1.807) is 6.20 Å². The molecule has 2 aromatic heterocycles. The standard InChI is InChI=1S/C30H29BrN4O2S/c1-18-8-10-21(22(31)16-18)25-11-12-26(37-25)29-28(23-6-4-5-14-32-23)34-30(38)35(29)15-13-27(36)33-24-17-19(2)7-9-20(24)3/h4-12,14,16-17,28-29H,13,15H2,1-3H3,(H,33,36)(H,34,38)/t28-,29+/m0/s1. The zero-order valence-corrected chi connectivity index (χ0v) is 23.9. The summed E-state index contributed by atoms with van der Waals surface area (Å²) in [5.41, 5.74) is 5.96. The molecule has 5 rings (SSSR count). The number of aryl methyl sites for hydroxylation is 3. The SMILES string of the molecule is Cc1ccc(-c2ccc([C@@H]3[C@H](c4ccccn4)NC(=S)N3CCC(=O)Nc3cc(C)ccc3C)o2)c(Br)c1. The fourth-order valence-corrected chi connectivity index (χ4v) is 5.76. The maximum absolute atomic E-state index is 12.9. The topological polar surface area (TPSA) is 70.4 Å². The van der Waals surface area contributed by atoms with Crippen molar-refractivity contribution in [2.45, 2.75) is 39.3 Å². The Balaban J connectivity index is 1.41. The van der Waals surface area contributed by atoms with E-state index in [1.165, 1.54) is 5.56 Å². The van der Waals surface area contributed by atoms with Crippen molar-refractivity contribution in [3.05, 3.63) is 106 Å². The van der Waals surface area contributed by atoms with E-state index >= 15 is 0 Å². The number of thiocarbonyl (C=S) groups is 1. The number of hydrogen-bond acceptors (Lipinski definition) is 4. The molecular weight excluding hydrogens is 560 g/mol. The van der Waals surface area contributed by atoms with Crippen LogP contribution in [0.4, 0.5) is 5.69 Å². The highest BCUT2D eigenvalue weighted by atomic mass is 79.9. The first-order chi connectivity index (χ1) is 18.3. The number of carbonyl (C=O) groups excluding carboxylic acids is 1. The molecule has 2 aromatic carbocycles. The third-order valence-electron chi connectivity index (χ3n) is 6.75. The number of pyridine rings is 1. The van der Waals surface area contributed by atoms with E-state index in [1.807, 2.05) is 73.3 Å². The molecule has 1 fully saturated rings. The Labute approximate surface area is 236 Å². The number of rotatable bonds is 7. The lowest BCUT2D eigenvalue weighted by Crippen LogP contribution is -2.32. The third kappa shape index (κ3) is 5.51. The van der Waals surface area contributed by atoms with Crippen molar-refractivity contribution in [3.8, 4) is 11.3 Å². The van der Waals surface area contributed by atoms with Crippen LogP contribution in [0.5, 0.6) is 0 Å². The van der Waals surface area contributed by atoms with E-state index in [0.29, 0.717) is 11.7 Å². The Hall–Kier alpha value is -3.49. The van der Waals surface area contributed by atoms with Gasteiger partial charge in [0.05, 0.1) is 11.7 Å². The first-order valence-corrected chi connectivity index (χ1v) is 13.7. The van der Waals surface area contributed by atoms with E-state index < -0.39 is 0 Å². The summed E-state index contributed by atoms with van der Waals surface area (Å²) >= 11 is 9.42. The molecule has 1 saturated heterocycles. The molecule has 4 aromatic rings.